The van der Waals surface area contributed by atoms with E-state index < -0.39 is 0 Å². The van der Waals surface area contributed by atoms with Crippen molar-refractivity contribution in [2.75, 3.05) is 5.73 Å². The SMILES string of the molecule is CCc1[nH]nc(C(=O)NCc2scnc2C)c1N. The van der Waals surface area contributed by atoms with E-state index in [0.29, 0.717) is 12.2 Å². The van der Waals surface area contributed by atoms with Crippen LogP contribution in [0.5, 0.6) is 0 Å². The summed E-state index contributed by atoms with van der Waals surface area (Å²) in [6.07, 6.45) is 0.722. The molecule has 0 unspecified atom stereocenters. The fraction of sp³-hybridized carbons (Fsp3) is 0.364. The summed E-state index contributed by atoms with van der Waals surface area (Å²) >= 11 is 1.52. The summed E-state index contributed by atoms with van der Waals surface area (Å²) in [5, 5.41) is 9.49. The van der Waals surface area contributed by atoms with Gasteiger partial charge in [0.2, 0.25) is 0 Å². The third-order valence-electron chi connectivity index (χ3n) is 2.71. The Kier molecular flexibility index (Phi) is 3.61. The molecule has 0 aromatic carbocycles. The number of carbonyl (C=O) groups excluding carboxylic acids is 1. The summed E-state index contributed by atoms with van der Waals surface area (Å²) in [4.78, 5) is 17.1. The van der Waals surface area contributed by atoms with Crippen LogP contribution in [0.1, 0.15) is 33.7 Å². The lowest BCUT2D eigenvalue weighted by atomic mass is 10.2. The Morgan fingerprint density at radius 1 is 1.61 bits per heavy atom. The van der Waals surface area contributed by atoms with Gasteiger partial charge in [-0.25, -0.2) is 4.98 Å². The second kappa shape index (κ2) is 5.18. The third kappa shape index (κ3) is 2.35. The van der Waals surface area contributed by atoms with E-state index in [1.165, 1.54) is 11.3 Å². The van der Waals surface area contributed by atoms with Crippen LogP contribution in [0, 0.1) is 6.92 Å². The summed E-state index contributed by atoms with van der Waals surface area (Å²) in [7, 11) is 0. The van der Waals surface area contributed by atoms with Crippen molar-refractivity contribution >= 4 is 22.9 Å². The monoisotopic (exact) mass is 265 g/mol. The molecule has 1 amide bonds. The van der Waals surface area contributed by atoms with E-state index in [9.17, 15) is 4.79 Å². The summed E-state index contributed by atoms with van der Waals surface area (Å²) in [6.45, 7) is 4.31. The van der Waals surface area contributed by atoms with Crippen LogP contribution >= 0.6 is 11.3 Å². The molecule has 2 rings (SSSR count). The van der Waals surface area contributed by atoms with Gasteiger partial charge in [0.05, 0.1) is 29.1 Å². The molecule has 2 aromatic heterocycles. The normalized spacial score (nSPS) is 10.6. The number of H-pyrrole nitrogens is 1. The molecule has 0 aliphatic carbocycles. The number of aromatic amines is 1. The van der Waals surface area contributed by atoms with E-state index in [1.54, 1.807) is 5.51 Å². The van der Waals surface area contributed by atoms with Crippen molar-refractivity contribution in [2.45, 2.75) is 26.8 Å². The second-order valence-electron chi connectivity index (χ2n) is 3.86. The highest BCUT2D eigenvalue weighted by atomic mass is 32.1. The highest BCUT2D eigenvalue weighted by Gasteiger charge is 2.16. The Bertz CT molecular complexity index is 560. The molecule has 18 heavy (non-hydrogen) atoms. The number of aryl methyl sites for hydroxylation is 2. The lowest BCUT2D eigenvalue weighted by Crippen LogP contribution is -2.24. The standard InChI is InChI=1S/C11H15N5OS/c1-3-7-9(12)10(16-15-7)11(17)13-4-8-6(2)14-5-18-8/h5H,3-4,12H2,1-2H3,(H,13,17)(H,15,16). The number of carbonyl (C=O) groups is 1. The molecule has 0 radical (unpaired) electrons. The third-order valence-corrected chi connectivity index (χ3v) is 3.64. The van der Waals surface area contributed by atoms with Gasteiger partial charge in [0.1, 0.15) is 0 Å². The Balaban J connectivity index is 2.04. The zero-order valence-electron chi connectivity index (χ0n) is 10.3. The van der Waals surface area contributed by atoms with Gasteiger partial charge in [-0.2, -0.15) is 5.10 Å². The fourth-order valence-electron chi connectivity index (χ4n) is 1.57. The minimum atomic E-state index is -0.267. The van der Waals surface area contributed by atoms with Gasteiger partial charge in [0, 0.05) is 4.88 Å². The number of nitrogens with two attached hydrogens (primary N) is 1. The maximum Gasteiger partial charge on any atom is 0.274 e. The van der Waals surface area contributed by atoms with Gasteiger partial charge in [0.25, 0.3) is 5.91 Å². The summed E-state index contributed by atoms with van der Waals surface area (Å²) < 4.78 is 0. The number of nitrogen functional groups attached to an aromatic ring is 1. The molecule has 0 fully saturated rings. The largest absolute Gasteiger partial charge is 0.395 e. The maximum atomic E-state index is 11.9. The average molecular weight is 265 g/mol. The number of anilines is 1. The smallest absolute Gasteiger partial charge is 0.274 e. The zero-order chi connectivity index (χ0) is 13.1. The molecule has 0 aliphatic rings. The first-order valence-electron chi connectivity index (χ1n) is 5.63. The van der Waals surface area contributed by atoms with Gasteiger partial charge in [0.15, 0.2) is 5.69 Å². The molecule has 2 aromatic rings. The molecular weight excluding hydrogens is 250 g/mol. The van der Waals surface area contributed by atoms with Gasteiger partial charge < -0.3 is 11.1 Å². The number of nitrogens with one attached hydrogen (secondary N) is 2. The van der Waals surface area contributed by atoms with Crippen LogP contribution < -0.4 is 11.1 Å². The molecule has 0 aliphatic heterocycles. The predicted octanol–water partition coefficient (Wildman–Crippen LogP) is 1.25. The van der Waals surface area contributed by atoms with E-state index in [2.05, 4.69) is 20.5 Å². The van der Waals surface area contributed by atoms with Gasteiger partial charge in [-0.15, -0.1) is 11.3 Å². The quantitative estimate of drug-likeness (QED) is 0.775. The van der Waals surface area contributed by atoms with Crippen LogP contribution in [0.3, 0.4) is 0 Å². The van der Waals surface area contributed by atoms with Gasteiger partial charge >= 0.3 is 0 Å². The van der Waals surface area contributed by atoms with Crippen LogP contribution in [-0.2, 0) is 13.0 Å². The van der Waals surface area contributed by atoms with E-state index in [1.807, 2.05) is 13.8 Å². The molecular formula is C11H15N5OS. The topological polar surface area (TPSA) is 96.7 Å². The molecule has 4 N–H and O–H groups in total. The Morgan fingerprint density at radius 3 is 2.94 bits per heavy atom. The first-order chi connectivity index (χ1) is 8.63. The minimum Gasteiger partial charge on any atom is -0.395 e. The van der Waals surface area contributed by atoms with E-state index in [0.717, 1.165) is 22.7 Å². The summed E-state index contributed by atoms with van der Waals surface area (Å²) in [5.41, 5.74) is 9.99. The number of hydrogen-bond acceptors (Lipinski definition) is 5. The molecule has 0 atom stereocenters. The molecule has 0 saturated carbocycles. The summed E-state index contributed by atoms with van der Waals surface area (Å²) in [6, 6.07) is 0. The van der Waals surface area contributed by atoms with Crippen LogP contribution in [0.25, 0.3) is 0 Å². The van der Waals surface area contributed by atoms with Crippen LogP contribution in [0.15, 0.2) is 5.51 Å². The first-order valence-corrected chi connectivity index (χ1v) is 6.51. The predicted molar refractivity (Wildman–Crippen MR) is 70.4 cm³/mol. The van der Waals surface area contributed by atoms with Crippen molar-refractivity contribution in [1.29, 1.82) is 0 Å². The number of hydrogen-bond donors (Lipinski definition) is 3. The van der Waals surface area contributed by atoms with Gasteiger partial charge in [-0.05, 0) is 13.3 Å². The molecule has 7 heteroatoms. The number of nitrogens with zero attached hydrogens (tertiary/aromatic N) is 2. The van der Waals surface area contributed by atoms with E-state index in [-0.39, 0.29) is 11.6 Å². The average Bonchev–Trinajstić information content (AvgIpc) is 2.92. The van der Waals surface area contributed by atoms with E-state index >= 15 is 0 Å². The van der Waals surface area contributed by atoms with Gasteiger partial charge in [-0.3, -0.25) is 9.89 Å². The number of rotatable bonds is 4. The van der Waals surface area contributed by atoms with Crippen molar-refractivity contribution in [3.05, 3.63) is 27.5 Å². The number of aromatic nitrogens is 3. The Labute approximate surface area is 109 Å². The Morgan fingerprint density at radius 2 is 2.39 bits per heavy atom. The highest BCUT2D eigenvalue weighted by molar-refractivity contribution is 7.09. The van der Waals surface area contributed by atoms with Crippen molar-refractivity contribution < 1.29 is 4.79 Å². The maximum absolute atomic E-state index is 11.9. The lowest BCUT2D eigenvalue weighted by Gasteiger charge is -2.02. The molecule has 2 heterocycles. The van der Waals surface area contributed by atoms with Crippen molar-refractivity contribution in [3.63, 3.8) is 0 Å². The van der Waals surface area contributed by atoms with Crippen molar-refractivity contribution in [1.82, 2.24) is 20.5 Å². The fourth-order valence-corrected chi connectivity index (χ4v) is 2.29. The first kappa shape index (κ1) is 12.6. The zero-order valence-corrected chi connectivity index (χ0v) is 11.1. The second-order valence-corrected chi connectivity index (χ2v) is 4.80. The van der Waals surface area contributed by atoms with Gasteiger partial charge in [-0.1, -0.05) is 6.92 Å². The minimum absolute atomic E-state index is 0.258. The lowest BCUT2D eigenvalue weighted by molar-refractivity contribution is 0.0947. The molecule has 0 spiro atoms. The Hall–Kier alpha value is -1.89. The molecule has 6 nitrogen and oxygen atoms in total. The summed E-state index contributed by atoms with van der Waals surface area (Å²) in [5.74, 6) is -0.267. The van der Waals surface area contributed by atoms with Crippen LogP contribution in [-0.4, -0.2) is 21.1 Å². The number of amides is 1. The number of thiazole rings is 1. The molecule has 0 bridgehead atoms. The molecule has 96 valence electrons. The highest BCUT2D eigenvalue weighted by Crippen LogP contribution is 2.15. The van der Waals surface area contributed by atoms with Crippen LogP contribution in [0.2, 0.25) is 0 Å². The van der Waals surface area contributed by atoms with Crippen molar-refractivity contribution in [3.8, 4) is 0 Å². The molecule has 0 saturated heterocycles. The van der Waals surface area contributed by atoms with Crippen LogP contribution in [0.4, 0.5) is 5.69 Å². The van der Waals surface area contributed by atoms with Crippen molar-refractivity contribution in [2.24, 2.45) is 0 Å². The van der Waals surface area contributed by atoms with E-state index in [4.69, 9.17) is 5.73 Å².